The SMILES string of the molecule is Cc1c(N)nc(C(C)(C)C)nc1NCC(C)S(C)=O. The van der Waals surface area contributed by atoms with Crippen molar-refractivity contribution >= 4 is 22.4 Å². The number of hydrogen-bond acceptors (Lipinski definition) is 5. The Morgan fingerprint density at radius 2 is 1.95 bits per heavy atom. The fourth-order valence-electron chi connectivity index (χ4n) is 1.40. The molecule has 0 aliphatic heterocycles. The minimum atomic E-state index is -0.856. The maximum atomic E-state index is 11.4. The lowest BCUT2D eigenvalue weighted by molar-refractivity contribution is 0.546. The van der Waals surface area contributed by atoms with E-state index >= 15 is 0 Å². The fraction of sp³-hybridized carbons (Fsp3) is 0.692. The van der Waals surface area contributed by atoms with E-state index in [1.54, 1.807) is 6.26 Å². The van der Waals surface area contributed by atoms with E-state index < -0.39 is 10.8 Å². The second-order valence-corrected chi connectivity index (χ2v) is 7.65. The van der Waals surface area contributed by atoms with Crippen LogP contribution in [0.3, 0.4) is 0 Å². The van der Waals surface area contributed by atoms with Gasteiger partial charge in [-0.15, -0.1) is 0 Å². The maximum Gasteiger partial charge on any atom is 0.138 e. The van der Waals surface area contributed by atoms with Crippen LogP contribution >= 0.6 is 0 Å². The third kappa shape index (κ3) is 4.16. The molecule has 0 aliphatic rings. The monoisotopic (exact) mass is 284 g/mol. The Morgan fingerprint density at radius 3 is 2.42 bits per heavy atom. The number of nitrogens with zero attached hydrogens (tertiary/aromatic N) is 2. The van der Waals surface area contributed by atoms with Crippen LogP contribution in [0.25, 0.3) is 0 Å². The van der Waals surface area contributed by atoms with Crippen LogP contribution < -0.4 is 11.1 Å². The first-order valence-corrected chi connectivity index (χ1v) is 7.95. The molecule has 1 aromatic heterocycles. The molecule has 0 saturated carbocycles. The molecule has 1 aromatic rings. The molecule has 6 heteroatoms. The highest BCUT2D eigenvalue weighted by atomic mass is 32.2. The third-order valence-corrected chi connectivity index (χ3v) is 4.28. The number of nitrogens with one attached hydrogen (secondary N) is 1. The van der Waals surface area contributed by atoms with Gasteiger partial charge in [0.1, 0.15) is 17.5 Å². The van der Waals surface area contributed by atoms with E-state index in [1.165, 1.54) is 0 Å². The van der Waals surface area contributed by atoms with E-state index in [4.69, 9.17) is 5.73 Å². The van der Waals surface area contributed by atoms with E-state index in [1.807, 2.05) is 34.6 Å². The summed E-state index contributed by atoms with van der Waals surface area (Å²) in [6.45, 7) is 10.6. The summed E-state index contributed by atoms with van der Waals surface area (Å²) < 4.78 is 11.4. The summed E-state index contributed by atoms with van der Waals surface area (Å²) in [4.78, 5) is 8.87. The van der Waals surface area contributed by atoms with E-state index in [-0.39, 0.29) is 10.7 Å². The molecule has 1 heterocycles. The van der Waals surface area contributed by atoms with Crippen molar-refractivity contribution in [3.63, 3.8) is 0 Å². The summed E-state index contributed by atoms with van der Waals surface area (Å²) in [6.07, 6.45) is 1.70. The molecule has 3 N–H and O–H groups in total. The Labute approximate surface area is 117 Å². The standard InChI is InChI=1S/C13H24N4OS/c1-8(19(6)18)7-15-11-9(2)10(14)16-12(17-11)13(3,4)5/h8H,7H2,1-6H3,(H3,14,15,16,17). The van der Waals surface area contributed by atoms with Crippen LogP contribution in [0.5, 0.6) is 0 Å². The second-order valence-electron chi connectivity index (χ2n) is 5.85. The summed E-state index contributed by atoms with van der Waals surface area (Å²) >= 11 is 0. The number of rotatable bonds is 4. The molecule has 2 unspecified atom stereocenters. The number of hydrogen-bond donors (Lipinski definition) is 2. The summed E-state index contributed by atoms with van der Waals surface area (Å²) in [5, 5.41) is 3.29. The molecule has 0 aromatic carbocycles. The van der Waals surface area contributed by atoms with Gasteiger partial charge in [-0.25, -0.2) is 9.97 Å². The largest absolute Gasteiger partial charge is 0.383 e. The van der Waals surface area contributed by atoms with E-state index in [0.29, 0.717) is 18.2 Å². The predicted molar refractivity (Wildman–Crippen MR) is 81.9 cm³/mol. The molecule has 0 radical (unpaired) electrons. The first-order valence-electron chi connectivity index (χ1n) is 6.33. The average molecular weight is 284 g/mol. The minimum Gasteiger partial charge on any atom is -0.383 e. The molecule has 2 atom stereocenters. The van der Waals surface area contributed by atoms with Gasteiger partial charge in [-0.1, -0.05) is 20.8 Å². The molecule has 0 aliphatic carbocycles. The van der Waals surface area contributed by atoms with Gasteiger partial charge in [0.15, 0.2) is 0 Å². The highest BCUT2D eigenvalue weighted by molar-refractivity contribution is 7.84. The summed E-state index contributed by atoms with van der Waals surface area (Å²) in [6, 6.07) is 0. The lowest BCUT2D eigenvalue weighted by atomic mass is 9.95. The summed E-state index contributed by atoms with van der Waals surface area (Å²) in [5.74, 6) is 1.94. The fourth-order valence-corrected chi connectivity index (χ4v) is 1.72. The van der Waals surface area contributed by atoms with Gasteiger partial charge in [-0.05, 0) is 13.8 Å². The van der Waals surface area contributed by atoms with Gasteiger partial charge in [0.05, 0.1) is 0 Å². The number of anilines is 2. The molecular weight excluding hydrogens is 260 g/mol. The topological polar surface area (TPSA) is 80.9 Å². The van der Waals surface area contributed by atoms with Crippen molar-refractivity contribution in [1.82, 2.24) is 9.97 Å². The van der Waals surface area contributed by atoms with Crippen LogP contribution in [-0.2, 0) is 16.2 Å². The Bertz CT molecular complexity index is 482. The van der Waals surface area contributed by atoms with Crippen molar-refractivity contribution in [2.45, 2.75) is 45.3 Å². The van der Waals surface area contributed by atoms with Crippen LogP contribution in [0.1, 0.15) is 39.1 Å². The average Bonchev–Trinajstić information content (AvgIpc) is 2.28. The van der Waals surface area contributed by atoms with Crippen molar-refractivity contribution in [2.24, 2.45) is 0 Å². The molecule has 5 nitrogen and oxygen atoms in total. The Morgan fingerprint density at radius 1 is 1.37 bits per heavy atom. The third-order valence-electron chi connectivity index (χ3n) is 2.98. The Hall–Kier alpha value is -1.17. The summed E-state index contributed by atoms with van der Waals surface area (Å²) in [7, 11) is -0.856. The predicted octanol–water partition coefficient (Wildman–Crippen LogP) is 1.84. The molecular formula is C13H24N4OS. The molecule has 1 rings (SSSR count). The molecule has 0 bridgehead atoms. The van der Waals surface area contributed by atoms with Crippen LogP contribution in [0, 0.1) is 6.92 Å². The van der Waals surface area contributed by atoms with Gasteiger partial charge >= 0.3 is 0 Å². The zero-order chi connectivity index (χ0) is 14.8. The van der Waals surface area contributed by atoms with Crippen LogP contribution in [0.15, 0.2) is 0 Å². The lowest BCUT2D eigenvalue weighted by Crippen LogP contribution is -2.24. The van der Waals surface area contributed by atoms with E-state index in [9.17, 15) is 4.21 Å². The molecule has 108 valence electrons. The number of nitrogens with two attached hydrogens (primary N) is 1. The normalized spacial score (nSPS) is 15.1. The molecule has 19 heavy (non-hydrogen) atoms. The van der Waals surface area contributed by atoms with Crippen molar-refractivity contribution in [3.8, 4) is 0 Å². The second kappa shape index (κ2) is 5.86. The van der Waals surface area contributed by atoms with Crippen LogP contribution in [-0.4, -0.2) is 32.2 Å². The quantitative estimate of drug-likeness (QED) is 0.882. The lowest BCUT2D eigenvalue weighted by Gasteiger charge is -2.20. The molecule has 0 amide bonds. The van der Waals surface area contributed by atoms with Gasteiger partial charge in [-0.2, -0.15) is 0 Å². The zero-order valence-electron chi connectivity index (χ0n) is 12.6. The minimum absolute atomic E-state index is 0.0636. The summed E-state index contributed by atoms with van der Waals surface area (Å²) in [5.41, 5.74) is 6.61. The number of nitrogen functional groups attached to an aromatic ring is 1. The highest BCUT2D eigenvalue weighted by Crippen LogP contribution is 2.24. The van der Waals surface area contributed by atoms with Gasteiger partial charge in [-0.3, -0.25) is 4.21 Å². The maximum absolute atomic E-state index is 11.4. The van der Waals surface area contributed by atoms with Gasteiger partial charge < -0.3 is 11.1 Å². The Balaban J connectivity index is 3.00. The van der Waals surface area contributed by atoms with E-state index in [0.717, 1.165) is 11.4 Å². The van der Waals surface area contributed by atoms with Crippen LogP contribution in [0.4, 0.5) is 11.6 Å². The van der Waals surface area contributed by atoms with Crippen molar-refractivity contribution in [2.75, 3.05) is 23.9 Å². The number of aromatic nitrogens is 2. The van der Waals surface area contributed by atoms with E-state index in [2.05, 4.69) is 15.3 Å². The highest BCUT2D eigenvalue weighted by Gasteiger charge is 2.20. The first-order chi connectivity index (χ1) is 8.62. The molecule has 0 saturated heterocycles. The zero-order valence-corrected chi connectivity index (χ0v) is 13.4. The Kier molecular flexibility index (Phi) is 4.90. The van der Waals surface area contributed by atoms with Gasteiger partial charge in [0.2, 0.25) is 0 Å². The molecule has 0 fully saturated rings. The van der Waals surface area contributed by atoms with Crippen molar-refractivity contribution < 1.29 is 4.21 Å². The first kappa shape index (κ1) is 15.9. The van der Waals surface area contributed by atoms with Crippen molar-refractivity contribution in [1.29, 1.82) is 0 Å². The van der Waals surface area contributed by atoms with Gasteiger partial charge in [0, 0.05) is 39.8 Å². The smallest absolute Gasteiger partial charge is 0.138 e. The van der Waals surface area contributed by atoms with Crippen LogP contribution in [0.2, 0.25) is 0 Å². The van der Waals surface area contributed by atoms with Gasteiger partial charge in [0.25, 0.3) is 0 Å². The molecule has 0 spiro atoms. The van der Waals surface area contributed by atoms with Crippen molar-refractivity contribution in [3.05, 3.63) is 11.4 Å².